The molecule has 0 aromatic carbocycles. The Morgan fingerprint density at radius 3 is 3.00 bits per heavy atom. The minimum absolute atomic E-state index is 0.839. The zero-order valence-electron chi connectivity index (χ0n) is 7.81. The zero-order chi connectivity index (χ0) is 9.97. The Hall–Kier alpha value is -1.16. The van der Waals surface area contributed by atoms with Gasteiger partial charge < -0.3 is 0 Å². The van der Waals surface area contributed by atoms with Crippen LogP contribution in [0.3, 0.4) is 0 Å². The summed E-state index contributed by atoms with van der Waals surface area (Å²) in [7, 11) is 0. The number of nitrogens with zero attached hydrogens (tertiary/aromatic N) is 3. The van der Waals surface area contributed by atoms with Crippen LogP contribution in [0.15, 0.2) is 35.2 Å². The van der Waals surface area contributed by atoms with Crippen LogP contribution in [0.25, 0.3) is 5.82 Å². The van der Waals surface area contributed by atoms with Crippen LogP contribution in [-0.2, 0) is 6.42 Å². The van der Waals surface area contributed by atoms with Crippen LogP contribution in [0, 0.1) is 0 Å². The Morgan fingerprint density at radius 2 is 2.29 bits per heavy atom. The first kappa shape index (κ1) is 9.40. The number of aromatic nitrogens is 3. The molecule has 2 aromatic rings. The topological polar surface area (TPSA) is 30.7 Å². The van der Waals surface area contributed by atoms with E-state index in [1.807, 2.05) is 29.0 Å². The third-order valence-corrected chi connectivity index (χ3v) is 2.42. The van der Waals surface area contributed by atoms with Crippen molar-refractivity contribution in [3.8, 4) is 5.82 Å². The molecule has 0 amide bonds. The van der Waals surface area contributed by atoms with Gasteiger partial charge in [-0.1, -0.05) is 13.0 Å². The van der Waals surface area contributed by atoms with E-state index in [-0.39, 0.29) is 0 Å². The van der Waals surface area contributed by atoms with Crippen molar-refractivity contribution in [2.45, 2.75) is 13.3 Å². The molecular formula is C10H10BrN3. The summed E-state index contributed by atoms with van der Waals surface area (Å²) in [6.45, 7) is 2.08. The first-order valence-corrected chi connectivity index (χ1v) is 5.25. The molecule has 4 heteroatoms. The maximum Gasteiger partial charge on any atom is 0.139 e. The van der Waals surface area contributed by atoms with E-state index in [0.29, 0.717) is 0 Å². The summed E-state index contributed by atoms with van der Waals surface area (Å²) in [6, 6.07) is 5.84. The molecule has 0 N–H and O–H groups in total. The van der Waals surface area contributed by atoms with Gasteiger partial charge in [0.05, 0.1) is 0 Å². The average molecular weight is 252 g/mol. The zero-order valence-corrected chi connectivity index (χ0v) is 9.40. The van der Waals surface area contributed by atoms with E-state index >= 15 is 0 Å². The van der Waals surface area contributed by atoms with Crippen molar-refractivity contribution in [2.75, 3.05) is 0 Å². The second kappa shape index (κ2) is 3.92. The molecule has 0 saturated heterocycles. The van der Waals surface area contributed by atoms with E-state index in [4.69, 9.17) is 0 Å². The second-order valence-electron chi connectivity index (χ2n) is 2.89. The Morgan fingerprint density at radius 1 is 1.43 bits per heavy atom. The predicted molar refractivity (Wildman–Crippen MR) is 58.4 cm³/mol. The Kier molecular flexibility index (Phi) is 2.63. The van der Waals surface area contributed by atoms with Crippen LogP contribution in [0.1, 0.15) is 12.7 Å². The lowest BCUT2D eigenvalue weighted by Gasteiger charge is -2.04. The highest BCUT2D eigenvalue weighted by atomic mass is 79.9. The van der Waals surface area contributed by atoms with E-state index in [1.165, 1.54) is 0 Å². The number of hydrogen-bond acceptors (Lipinski definition) is 2. The summed E-state index contributed by atoms with van der Waals surface area (Å²) >= 11 is 3.35. The van der Waals surface area contributed by atoms with Crippen molar-refractivity contribution in [1.29, 1.82) is 0 Å². The normalized spacial score (nSPS) is 10.4. The van der Waals surface area contributed by atoms with Crippen LogP contribution in [0.4, 0.5) is 0 Å². The second-order valence-corrected chi connectivity index (χ2v) is 3.70. The standard InChI is InChI=1S/C10H10BrN3/c1-2-9-12-6-7-14(9)10-5-3-4-8(11)13-10/h3-7H,2H2,1H3. The lowest BCUT2D eigenvalue weighted by molar-refractivity contribution is 0.865. The molecule has 3 nitrogen and oxygen atoms in total. The third-order valence-electron chi connectivity index (χ3n) is 1.98. The highest BCUT2D eigenvalue weighted by molar-refractivity contribution is 9.10. The molecule has 2 aromatic heterocycles. The molecule has 0 unspecified atom stereocenters. The van der Waals surface area contributed by atoms with Crippen LogP contribution < -0.4 is 0 Å². The van der Waals surface area contributed by atoms with Crippen molar-refractivity contribution >= 4 is 15.9 Å². The lowest BCUT2D eigenvalue weighted by Crippen LogP contribution is -2.01. The Labute approximate surface area is 90.9 Å². The van der Waals surface area contributed by atoms with Crippen molar-refractivity contribution in [1.82, 2.24) is 14.5 Å². The summed E-state index contributed by atoms with van der Waals surface area (Å²) in [5.74, 6) is 1.92. The fraction of sp³-hybridized carbons (Fsp3) is 0.200. The molecule has 72 valence electrons. The van der Waals surface area contributed by atoms with Crippen molar-refractivity contribution in [3.05, 3.63) is 41.0 Å². The molecule has 0 aliphatic heterocycles. The van der Waals surface area contributed by atoms with E-state index < -0.39 is 0 Å². The van der Waals surface area contributed by atoms with Crippen molar-refractivity contribution in [3.63, 3.8) is 0 Å². The third kappa shape index (κ3) is 1.70. The van der Waals surface area contributed by atoms with Gasteiger partial charge in [-0.3, -0.25) is 4.57 Å². The van der Waals surface area contributed by atoms with Gasteiger partial charge in [0.2, 0.25) is 0 Å². The van der Waals surface area contributed by atoms with E-state index in [2.05, 4.69) is 32.8 Å². The number of halogens is 1. The first-order valence-electron chi connectivity index (χ1n) is 4.46. The minimum Gasteiger partial charge on any atom is -0.288 e. The minimum atomic E-state index is 0.839. The molecule has 0 fully saturated rings. The highest BCUT2D eigenvalue weighted by Gasteiger charge is 2.03. The summed E-state index contributed by atoms with van der Waals surface area (Å²) in [5, 5.41) is 0. The summed E-state index contributed by atoms with van der Waals surface area (Å²) < 4.78 is 2.83. The van der Waals surface area contributed by atoms with Crippen LogP contribution in [-0.4, -0.2) is 14.5 Å². The fourth-order valence-electron chi connectivity index (χ4n) is 1.34. The van der Waals surface area contributed by atoms with Gasteiger partial charge >= 0.3 is 0 Å². The number of imidazole rings is 1. The van der Waals surface area contributed by atoms with Gasteiger partial charge in [0.1, 0.15) is 16.2 Å². The number of aryl methyl sites for hydroxylation is 1. The maximum absolute atomic E-state index is 4.36. The van der Waals surface area contributed by atoms with Gasteiger partial charge in [0, 0.05) is 18.8 Å². The van der Waals surface area contributed by atoms with Crippen molar-refractivity contribution < 1.29 is 0 Å². The van der Waals surface area contributed by atoms with E-state index in [9.17, 15) is 0 Å². The Balaban J connectivity index is 2.49. The average Bonchev–Trinajstić information content (AvgIpc) is 2.65. The lowest BCUT2D eigenvalue weighted by atomic mass is 10.4. The fourth-order valence-corrected chi connectivity index (χ4v) is 1.67. The predicted octanol–water partition coefficient (Wildman–Crippen LogP) is 2.59. The smallest absolute Gasteiger partial charge is 0.139 e. The van der Waals surface area contributed by atoms with Crippen molar-refractivity contribution in [2.24, 2.45) is 0 Å². The van der Waals surface area contributed by atoms with Gasteiger partial charge in [-0.15, -0.1) is 0 Å². The van der Waals surface area contributed by atoms with Gasteiger partial charge in [-0.05, 0) is 28.1 Å². The molecule has 0 aliphatic carbocycles. The molecule has 2 heterocycles. The molecule has 14 heavy (non-hydrogen) atoms. The molecule has 0 atom stereocenters. The monoisotopic (exact) mass is 251 g/mol. The van der Waals surface area contributed by atoms with E-state index in [1.54, 1.807) is 6.20 Å². The van der Waals surface area contributed by atoms with Crippen LogP contribution in [0.2, 0.25) is 0 Å². The van der Waals surface area contributed by atoms with Gasteiger partial charge in [-0.2, -0.15) is 0 Å². The van der Waals surface area contributed by atoms with Crippen LogP contribution >= 0.6 is 15.9 Å². The summed E-state index contributed by atoms with van der Waals surface area (Å²) in [4.78, 5) is 8.61. The largest absolute Gasteiger partial charge is 0.288 e. The molecule has 0 aliphatic rings. The number of rotatable bonds is 2. The number of pyridine rings is 1. The molecule has 0 bridgehead atoms. The highest BCUT2D eigenvalue weighted by Crippen LogP contribution is 2.12. The van der Waals surface area contributed by atoms with Gasteiger partial charge in [0.25, 0.3) is 0 Å². The summed E-state index contributed by atoms with van der Waals surface area (Å²) in [6.07, 6.45) is 4.62. The molecule has 0 radical (unpaired) electrons. The molecule has 2 rings (SSSR count). The summed E-state index contributed by atoms with van der Waals surface area (Å²) in [5.41, 5.74) is 0. The van der Waals surface area contributed by atoms with Gasteiger partial charge in [0.15, 0.2) is 0 Å². The molecule has 0 spiro atoms. The molecule has 0 saturated carbocycles. The first-order chi connectivity index (χ1) is 6.81. The number of hydrogen-bond donors (Lipinski definition) is 0. The SMILES string of the molecule is CCc1nccn1-c1cccc(Br)n1. The molecular weight excluding hydrogens is 242 g/mol. The van der Waals surface area contributed by atoms with E-state index in [0.717, 1.165) is 22.7 Å². The quantitative estimate of drug-likeness (QED) is 0.769. The van der Waals surface area contributed by atoms with Gasteiger partial charge in [-0.25, -0.2) is 9.97 Å². The van der Waals surface area contributed by atoms with Crippen LogP contribution in [0.5, 0.6) is 0 Å². The maximum atomic E-state index is 4.36. The Bertz CT molecular complexity index is 436.